The smallest absolute Gasteiger partial charge is 0.294 e. The van der Waals surface area contributed by atoms with Gasteiger partial charge in [-0.2, -0.15) is 16.8 Å². The van der Waals surface area contributed by atoms with Crippen LogP contribution in [0.1, 0.15) is 106 Å². The van der Waals surface area contributed by atoms with Gasteiger partial charge in [-0.3, -0.25) is 18.7 Å². The molecule has 6 aromatic rings. The molecule has 0 aliphatic heterocycles. The van der Waals surface area contributed by atoms with Crippen molar-refractivity contribution >= 4 is 31.8 Å². The van der Waals surface area contributed by atoms with Crippen molar-refractivity contribution in [1.82, 2.24) is 0 Å². The van der Waals surface area contributed by atoms with Crippen molar-refractivity contribution in [3.8, 4) is 23.0 Å². The van der Waals surface area contributed by atoms with E-state index in [0.717, 1.165) is 12.8 Å². The van der Waals surface area contributed by atoms with Gasteiger partial charge in [0.1, 0.15) is 23.0 Å². The SMILES string of the molecule is Cc1ccc(C(=O)c2ccc(Oc3ccc4c(c3)C3(CC4(C)C)CC(C)(C)c4ccc(Oc5ccc(C(=O)c6ccc(C)c(S(=O)(=O)O)c6)cc5)cc43)cc2)cc1S(=O)(=O)O. The van der Waals surface area contributed by atoms with Crippen LogP contribution in [0, 0.1) is 13.8 Å². The van der Waals surface area contributed by atoms with E-state index in [4.69, 9.17) is 9.47 Å². The second kappa shape index (κ2) is 14.6. The Morgan fingerprint density at radius 3 is 1.13 bits per heavy atom. The maximum Gasteiger partial charge on any atom is 0.294 e. The van der Waals surface area contributed by atoms with E-state index >= 15 is 0 Å². The average Bonchev–Trinajstić information content (AvgIpc) is 3.56. The Kier molecular flexibility index (Phi) is 10.0. The normalized spacial score (nSPS) is 15.9. The lowest BCUT2D eigenvalue weighted by molar-refractivity contribution is 0.103. The summed E-state index contributed by atoms with van der Waals surface area (Å²) in [5.74, 6) is 1.52. The highest BCUT2D eigenvalue weighted by Crippen LogP contribution is 2.63. The fraction of sp³-hybridized carbons (Fsp3) is 0.224. The molecule has 0 fully saturated rings. The van der Waals surface area contributed by atoms with Crippen molar-refractivity contribution in [2.24, 2.45) is 0 Å². The predicted molar refractivity (Wildman–Crippen MR) is 231 cm³/mol. The summed E-state index contributed by atoms with van der Waals surface area (Å²) in [6.45, 7) is 12.1. The van der Waals surface area contributed by atoms with Crippen LogP contribution in [0.15, 0.2) is 131 Å². The fourth-order valence-electron chi connectivity index (χ4n) is 9.43. The van der Waals surface area contributed by atoms with Gasteiger partial charge in [0.2, 0.25) is 0 Å². The van der Waals surface area contributed by atoms with E-state index in [0.29, 0.717) is 45.3 Å². The maximum absolute atomic E-state index is 13.3. The number of rotatable bonds is 10. The van der Waals surface area contributed by atoms with Gasteiger partial charge in [0.05, 0.1) is 9.79 Å². The Hall–Kier alpha value is -5.92. The van der Waals surface area contributed by atoms with E-state index in [-0.39, 0.29) is 37.2 Å². The van der Waals surface area contributed by atoms with Crippen molar-refractivity contribution in [1.29, 1.82) is 0 Å². The number of hydrogen-bond acceptors (Lipinski definition) is 8. The quantitative estimate of drug-likeness (QED) is 0.100. The number of carbonyl (C=O) groups is 2. The van der Waals surface area contributed by atoms with E-state index in [2.05, 4.69) is 52.0 Å². The Labute approximate surface area is 355 Å². The third kappa shape index (κ3) is 7.69. The average molecular weight is 857 g/mol. The standard InChI is InChI=1S/C49H44O10S2/c1-29-7-9-33(23-43(29)60(52,53)54)45(50)31-11-15-35(16-12-31)58-37-19-21-39-41(25-37)49(27-47(39,3)4)28-48(5,6)40-22-20-38(26-42(40)49)59-36-17-13-32(14-18-36)46(51)34-10-8-30(2)44(24-34)61(55,56)57/h7-26H,27-28H2,1-6H3,(H,52,53,54)(H,55,56,57). The van der Waals surface area contributed by atoms with Crippen molar-refractivity contribution in [2.75, 3.05) is 0 Å². The summed E-state index contributed by atoms with van der Waals surface area (Å²) < 4.78 is 79.4. The molecule has 0 atom stereocenters. The molecule has 0 aromatic heterocycles. The van der Waals surface area contributed by atoms with Crippen molar-refractivity contribution in [2.45, 2.75) is 80.4 Å². The molecule has 6 aromatic carbocycles. The summed E-state index contributed by atoms with van der Waals surface area (Å²) in [5.41, 5.74) is 5.76. The predicted octanol–water partition coefficient (Wildman–Crippen LogP) is 10.5. The molecule has 1 spiro atoms. The number of hydrogen-bond donors (Lipinski definition) is 2. The number of aryl methyl sites for hydroxylation is 2. The first kappa shape index (κ1) is 41.8. The van der Waals surface area contributed by atoms with E-state index in [9.17, 15) is 35.5 Å². The zero-order chi connectivity index (χ0) is 43.9. The van der Waals surface area contributed by atoms with Gasteiger partial charge in [-0.15, -0.1) is 0 Å². The zero-order valence-electron chi connectivity index (χ0n) is 34.4. The zero-order valence-corrected chi connectivity index (χ0v) is 36.1. The molecule has 312 valence electrons. The van der Waals surface area contributed by atoms with Crippen LogP contribution in [0.2, 0.25) is 0 Å². The highest BCUT2D eigenvalue weighted by Gasteiger charge is 2.56. The molecule has 61 heavy (non-hydrogen) atoms. The first-order chi connectivity index (χ1) is 28.6. The van der Waals surface area contributed by atoms with Crippen LogP contribution in [0.25, 0.3) is 0 Å². The van der Waals surface area contributed by atoms with Crippen molar-refractivity contribution in [3.05, 3.63) is 177 Å². The van der Waals surface area contributed by atoms with Crippen LogP contribution in [0.3, 0.4) is 0 Å². The van der Waals surface area contributed by atoms with Crippen LogP contribution < -0.4 is 9.47 Å². The lowest BCUT2D eigenvalue weighted by Gasteiger charge is -2.30. The van der Waals surface area contributed by atoms with Crippen LogP contribution in [-0.4, -0.2) is 37.5 Å². The Morgan fingerprint density at radius 2 is 0.787 bits per heavy atom. The summed E-state index contributed by atoms with van der Waals surface area (Å²) in [7, 11) is -8.99. The van der Waals surface area contributed by atoms with Gasteiger partial charge in [0.15, 0.2) is 11.6 Å². The molecule has 0 unspecified atom stereocenters. The van der Waals surface area contributed by atoms with Crippen molar-refractivity contribution in [3.63, 3.8) is 0 Å². The molecule has 0 bridgehead atoms. The molecule has 0 saturated heterocycles. The molecule has 0 saturated carbocycles. The maximum atomic E-state index is 13.3. The van der Waals surface area contributed by atoms with Gasteiger partial charge in [-0.1, -0.05) is 64.1 Å². The monoisotopic (exact) mass is 856 g/mol. The fourth-order valence-corrected chi connectivity index (χ4v) is 10.9. The van der Waals surface area contributed by atoms with Crippen LogP contribution in [0.4, 0.5) is 0 Å². The minimum atomic E-state index is -4.49. The third-order valence-corrected chi connectivity index (χ3v) is 14.1. The van der Waals surface area contributed by atoms with Crippen LogP contribution in [-0.2, 0) is 36.5 Å². The van der Waals surface area contributed by atoms with Gasteiger partial charge < -0.3 is 9.47 Å². The number of ketones is 2. The minimum absolute atomic E-state index is 0.135. The lowest BCUT2D eigenvalue weighted by atomic mass is 9.72. The molecule has 0 radical (unpaired) electrons. The van der Waals surface area contributed by atoms with E-state index in [1.165, 1.54) is 58.7 Å². The first-order valence-electron chi connectivity index (χ1n) is 19.7. The summed E-state index contributed by atoms with van der Waals surface area (Å²) >= 11 is 0. The summed E-state index contributed by atoms with van der Waals surface area (Å²) in [6, 6.07) is 34.1. The van der Waals surface area contributed by atoms with Gasteiger partial charge in [0.25, 0.3) is 20.2 Å². The summed E-state index contributed by atoms with van der Waals surface area (Å²) in [5, 5.41) is 0. The van der Waals surface area contributed by atoms with Gasteiger partial charge in [-0.05, 0) is 156 Å². The Balaban J connectivity index is 1.05. The van der Waals surface area contributed by atoms with E-state index in [1.54, 1.807) is 62.4 Å². The van der Waals surface area contributed by atoms with Gasteiger partial charge in [-0.25, -0.2) is 0 Å². The third-order valence-electron chi connectivity index (χ3n) is 12.1. The highest BCUT2D eigenvalue weighted by atomic mass is 32.2. The largest absolute Gasteiger partial charge is 0.457 e. The Morgan fingerprint density at radius 1 is 0.459 bits per heavy atom. The molecule has 2 aliphatic carbocycles. The number of carbonyl (C=O) groups excluding carboxylic acids is 2. The van der Waals surface area contributed by atoms with E-state index < -0.39 is 31.8 Å². The summed E-state index contributed by atoms with van der Waals surface area (Å²) in [6.07, 6.45) is 1.73. The topological polar surface area (TPSA) is 161 Å². The Bertz CT molecular complexity index is 2810. The molecule has 2 aliphatic rings. The van der Waals surface area contributed by atoms with Gasteiger partial charge in [0, 0.05) is 27.7 Å². The molecular formula is C49H44O10S2. The molecule has 0 heterocycles. The van der Waals surface area contributed by atoms with Crippen LogP contribution in [0.5, 0.6) is 23.0 Å². The van der Waals surface area contributed by atoms with Gasteiger partial charge >= 0.3 is 0 Å². The second-order valence-electron chi connectivity index (χ2n) is 17.4. The lowest BCUT2D eigenvalue weighted by Crippen LogP contribution is -2.27. The molecule has 0 amide bonds. The number of fused-ring (bicyclic) bond motifs is 4. The molecule has 10 nitrogen and oxygen atoms in total. The summed E-state index contributed by atoms with van der Waals surface area (Å²) in [4.78, 5) is 26.0. The highest BCUT2D eigenvalue weighted by molar-refractivity contribution is 7.86. The molecular weight excluding hydrogens is 813 g/mol. The molecule has 2 N–H and O–H groups in total. The minimum Gasteiger partial charge on any atom is -0.457 e. The first-order valence-corrected chi connectivity index (χ1v) is 22.6. The van der Waals surface area contributed by atoms with Crippen LogP contribution >= 0.6 is 0 Å². The molecule has 8 rings (SSSR count). The molecule has 12 heteroatoms. The number of benzene rings is 6. The second-order valence-corrected chi connectivity index (χ2v) is 20.2. The number of ether oxygens (including phenoxy) is 2. The van der Waals surface area contributed by atoms with Crippen molar-refractivity contribution < 1.29 is 45.0 Å². The van der Waals surface area contributed by atoms with E-state index in [1.807, 2.05) is 12.1 Å².